The molecule has 3 rings (SSSR count). The second-order valence-corrected chi connectivity index (χ2v) is 7.65. The fourth-order valence-electron chi connectivity index (χ4n) is 2.79. The van der Waals surface area contributed by atoms with Crippen LogP contribution in [0.5, 0.6) is 0 Å². The van der Waals surface area contributed by atoms with Gasteiger partial charge in [-0.2, -0.15) is 13.2 Å². The number of pyridine rings is 1. The molecule has 6 nitrogen and oxygen atoms in total. The highest BCUT2D eigenvalue weighted by atomic mass is 32.2. The van der Waals surface area contributed by atoms with Crippen molar-refractivity contribution in [1.82, 2.24) is 24.4 Å². The molecule has 0 amide bonds. The van der Waals surface area contributed by atoms with Gasteiger partial charge in [0.15, 0.2) is 10.9 Å². The van der Waals surface area contributed by atoms with E-state index in [9.17, 15) is 13.2 Å². The van der Waals surface area contributed by atoms with E-state index in [0.717, 1.165) is 40.8 Å². The van der Waals surface area contributed by atoms with Crippen LogP contribution in [0.2, 0.25) is 0 Å². The predicted octanol–water partition coefficient (Wildman–Crippen LogP) is 3.80. The molecule has 3 aromatic rings. The number of alkyl halides is 3. The van der Waals surface area contributed by atoms with E-state index in [1.54, 1.807) is 12.4 Å². The lowest BCUT2D eigenvalue weighted by molar-refractivity contribution is -0.141. The van der Waals surface area contributed by atoms with Gasteiger partial charge in [0.1, 0.15) is 5.82 Å². The Morgan fingerprint density at radius 2 is 2.04 bits per heavy atom. The zero-order valence-electron chi connectivity index (χ0n) is 15.0. The van der Waals surface area contributed by atoms with Gasteiger partial charge < -0.3 is 15.2 Å². The summed E-state index contributed by atoms with van der Waals surface area (Å²) in [6.45, 7) is 2.61. The van der Waals surface area contributed by atoms with Gasteiger partial charge in [-0.3, -0.25) is 4.98 Å². The van der Waals surface area contributed by atoms with Gasteiger partial charge in [-0.1, -0.05) is 11.8 Å². The highest BCUT2D eigenvalue weighted by molar-refractivity contribution is 7.99. The molecule has 1 atom stereocenters. The minimum absolute atomic E-state index is 0.0188. The minimum atomic E-state index is -4.57. The maximum absolute atomic E-state index is 13.0. The summed E-state index contributed by atoms with van der Waals surface area (Å²) in [7, 11) is 3.95. The predicted molar refractivity (Wildman–Crippen MR) is 99.1 cm³/mol. The van der Waals surface area contributed by atoms with Gasteiger partial charge in [0.05, 0.1) is 17.1 Å². The number of anilines is 1. The van der Waals surface area contributed by atoms with Gasteiger partial charge >= 0.3 is 6.18 Å². The second-order valence-electron chi connectivity index (χ2n) is 6.37. The van der Waals surface area contributed by atoms with E-state index in [1.807, 2.05) is 42.7 Å². The summed E-state index contributed by atoms with van der Waals surface area (Å²) in [5, 5.41) is 0.779. The molecule has 2 N–H and O–H groups in total. The number of fused-ring (bicyclic) bond motifs is 1. The number of thioether (sulfide) groups is 1. The molecule has 10 heteroatoms. The van der Waals surface area contributed by atoms with E-state index in [0.29, 0.717) is 0 Å². The lowest BCUT2D eigenvalue weighted by atomic mass is 10.2. The van der Waals surface area contributed by atoms with E-state index in [4.69, 9.17) is 5.73 Å². The van der Waals surface area contributed by atoms with Crippen LogP contribution in [0.15, 0.2) is 35.9 Å². The number of nitrogen functional groups attached to an aromatic ring is 1. The minimum Gasteiger partial charge on any atom is -0.384 e. The molecular weight excluding hydrogens is 377 g/mol. The summed E-state index contributed by atoms with van der Waals surface area (Å²) in [6, 6.07) is 2.67. The topological polar surface area (TPSA) is 72.9 Å². The molecule has 0 saturated heterocycles. The lowest BCUT2D eigenvalue weighted by Gasteiger charge is -2.15. The summed E-state index contributed by atoms with van der Waals surface area (Å²) in [6.07, 6.45) is 0.882. The molecule has 0 saturated carbocycles. The summed E-state index contributed by atoms with van der Waals surface area (Å²) in [4.78, 5) is 13.8. The first kappa shape index (κ1) is 19.4. The van der Waals surface area contributed by atoms with Crippen LogP contribution in [0.1, 0.15) is 23.6 Å². The molecule has 0 radical (unpaired) electrons. The monoisotopic (exact) mass is 396 g/mol. The van der Waals surface area contributed by atoms with Crippen LogP contribution < -0.4 is 5.73 Å². The van der Waals surface area contributed by atoms with E-state index in [2.05, 4.69) is 15.0 Å². The van der Waals surface area contributed by atoms with Crippen molar-refractivity contribution >= 4 is 28.5 Å². The van der Waals surface area contributed by atoms with Crippen molar-refractivity contribution in [2.75, 3.05) is 19.8 Å². The molecule has 3 heterocycles. The van der Waals surface area contributed by atoms with Crippen molar-refractivity contribution in [1.29, 1.82) is 0 Å². The number of aromatic nitrogens is 4. The first-order valence-corrected chi connectivity index (χ1v) is 8.99. The van der Waals surface area contributed by atoms with Gasteiger partial charge in [0, 0.05) is 30.4 Å². The standard InChI is InChI=1S/C17H19F3N6S/c1-10(27-16-23-14(17(18,19)20)6-15(21)24-16)26-9-11(8-25(2)3)12-4-5-22-7-13(12)26/h4-7,9-10H,8H2,1-3H3,(H2,21,23,24). The van der Waals surface area contributed by atoms with Gasteiger partial charge in [0.25, 0.3) is 0 Å². The Labute approximate surface area is 158 Å². The third-order valence-electron chi connectivity index (χ3n) is 3.89. The molecule has 0 aliphatic rings. The van der Waals surface area contributed by atoms with Crippen molar-refractivity contribution in [3.63, 3.8) is 0 Å². The average molecular weight is 396 g/mol. The highest BCUT2D eigenvalue weighted by Gasteiger charge is 2.33. The molecule has 0 aliphatic carbocycles. The van der Waals surface area contributed by atoms with Crippen LogP contribution >= 0.6 is 11.8 Å². The molecule has 27 heavy (non-hydrogen) atoms. The maximum atomic E-state index is 13.0. The Balaban J connectivity index is 1.95. The number of nitrogens with two attached hydrogens (primary N) is 1. The Hall–Kier alpha value is -2.33. The van der Waals surface area contributed by atoms with Crippen molar-refractivity contribution in [3.05, 3.63) is 42.0 Å². The quantitative estimate of drug-likeness (QED) is 0.522. The third-order valence-corrected chi connectivity index (χ3v) is 4.85. The van der Waals surface area contributed by atoms with Crippen LogP contribution in [-0.4, -0.2) is 38.5 Å². The fraction of sp³-hybridized carbons (Fsp3) is 0.353. The van der Waals surface area contributed by atoms with Gasteiger partial charge in [0.2, 0.25) is 0 Å². The molecule has 0 spiro atoms. The molecule has 0 bridgehead atoms. The van der Waals surface area contributed by atoms with E-state index in [1.165, 1.54) is 0 Å². The van der Waals surface area contributed by atoms with Crippen molar-refractivity contribution in [2.24, 2.45) is 0 Å². The maximum Gasteiger partial charge on any atom is 0.433 e. The normalized spacial score (nSPS) is 13.4. The third kappa shape index (κ3) is 4.33. The van der Waals surface area contributed by atoms with Crippen molar-refractivity contribution in [3.8, 4) is 0 Å². The number of nitrogens with zero attached hydrogens (tertiary/aromatic N) is 5. The molecule has 0 fully saturated rings. The average Bonchev–Trinajstić information content (AvgIpc) is 2.92. The Morgan fingerprint density at radius 1 is 1.30 bits per heavy atom. The first-order chi connectivity index (χ1) is 12.6. The zero-order chi connectivity index (χ0) is 19.8. The van der Waals surface area contributed by atoms with Crippen molar-refractivity contribution in [2.45, 2.75) is 30.2 Å². The molecule has 1 unspecified atom stereocenters. The summed E-state index contributed by atoms with van der Waals surface area (Å²) in [5.74, 6) is -0.209. The summed E-state index contributed by atoms with van der Waals surface area (Å²) >= 11 is 1.11. The number of halogens is 3. The lowest BCUT2D eigenvalue weighted by Crippen LogP contribution is -2.11. The number of hydrogen-bond donors (Lipinski definition) is 1. The van der Waals surface area contributed by atoms with E-state index in [-0.39, 0.29) is 16.3 Å². The molecule has 0 aliphatic heterocycles. The van der Waals surface area contributed by atoms with Crippen molar-refractivity contribution < 1.29 is 13.2 Å². The van der Waals surface area contributed by atoms with Crippen LogP contribution in [-0.2, 0) is 12.7 Å². The fourth-order valence-corrected chi connectivity index (χ4v) is 3.69. The van der Waals surface area contributed by atoms with Crippen LogP contribution in [0.4, 0.5) is 19.0 Å². The van der Waals surface area contributed by atoms with Gasteiger partial charge in [-0.25, -0.2) is 9.97 Å². The summed E-state index contributed by atoms with van der Waals surface area (Å²) in [5.41, 5.74) is 6.49. The van der Waals surface area contributed by atoms with Gasteiger partial charge in [-0.15, -0.1) is 0 Å². The highest BCUT2D eigenvalue weighted by Crippen LogP contribution is 2.35. The number of hydrogen-bond acceptors (Lipinski definition) is 6. The Bertz CT molecular complexity index is 953. The molecular formula is C17H19F3N6S. The SMILES string of the molecule is CC(Sc1nc(N)cc(C(F)(F)F)n1)n1cc(CN(C)C)c2ccncc21. The van der Waals surface area contributed by atoms with Crippen LogP contribution in [0.3, 0.4) is 0 Å². The summed E-state index contributed by atoms with van der Waals surface area (Å²) < 4.78 is 40.9. The van der Waals surface area contributed by atoms with Crippen LogP contribution in [0, 0.1) is 0 Å². The zero-order valence-corrected chi connectivity index (χ0v) is 15.8. The number of rotatable bonds is 5. The van der Waals surface area contributed by atoms with E-state index >= 15 is 0 Å². The van der Waals surface area contributed by atoms with E-state index < -0.39 is 11.9 Å². The second kappa shape index (κ2) is 7.35. The Kier molecular flexibility index (Phi) is 5.29. The molecule has 144 valence electrons. The Morgan fingerprint density at radius 3 is 2.70 bits per heavy atom. The van der Waals surface area contributed by atoms with Crippen LogP contribution in [0.25, 0.3) is 10.9 Å². The van der Waals surface area contributed by atoms with Gasteiger partial charge in [-0.05, 0) is 32.6 Å². The molecule has 3 aromatic heterocycles. The molecule has 0 aromatic carbocycles. The largest absolute Gasteiger partial charge is 0.433 e. The smallest absolute Gasteiger partial charge is 0.384 e. The first-order valence-electron chi connectivity index (χ1n) is 8.11.